The maximum atomic E-state index is 12.5. The van der Waals surface area contributed by atoms with Crippen molar-refractivity contribution in [2.45, 2.75) is 38.8 Å². The number of rotatable bonds is 8. The number of carbonyl (C=O) groups is 1. The number of aromatic nitrogens is 3. The van der Waals surface area contributed by atoms with E-state index in [0.717, 1.165) is 17.3 Å². The third-order valence-electron chi connectivity index (χ3n) is 4.07. The Morgan fingerprint density at radius 3 is 2.62 bits per heavy atom. The smallest absolute Gasteiger partial charge is 0.240 e. The Balaban J connectivity index is 1.70. The first-order chi connectivity index (χ1) is 13.7. The molecule has 0 radical (unpaired) electrons. The van der Waals surface area contributed by atoms with E-state index in [4.69, 9.17) is 4.74 Å². The molecule has 2 heterocycles. The summed E-state index contributed by atoms with van der Waals surface area (Å²) in [6.07, 6.45) is 2.84. The van der Waals surface area contributed by atoms with Crippen molar-refractivity contribution in [3.63, 3.8) is 0 Å². The van der Waals surface area contributed by atoms with Crippen LogP contribution in [0.25, 0.3) is 11.0 Å². The quantitative estimate of drug-likeness (QED) is 0.603. The molecule has 1 aromatic carbocycles. The fourth-order valence-corrected chi connectivity index (χ4v) is 3.56. The number of imidazole rings is 1. The van der Waals surface area contributed by atoms with Crippen molar-refractivity contribution in [1.82, 2.24) is 19.9 Å². The van der Waals surface area contributed by atoms with E-state index in [-0.39, 0.29) is 24.3 Å². The van der Waals surface area contributed by atoms with E-state index >= 15 is 0 Å². The zero-order valence-electron chi connectivity index (χ0n) is 16.6. The summed E-state index contributed by atoms with van der Waals surface area (Å²) < 4.78 is 30.6. The van der Waals surface area contributed by atoms with Gasteiger partial charge in [-0.2, -0.15) is 0 Å². The lowest BCUT2D eigenvalue weighted by atomic mass is 10.3. The minimum atomic E-state index is -3.29. The number of hydrogen-bond acceptors (Lipinski definition) is 6. The fourth-order valence-electron chi connectivity index (χ4n) is 2.87. The van der Waals surface area contributed by atoms with Crippen molar-refractivity contribution in [2.24, 2.45) is 0 Å². The SMILES string of the molecule is CC(C)Oc1ccc(CNC(=O)Cn2c(CS(C)(=O)=O)nc3ccccc32)cn1. The van der Waals surface area contributed by atoms with Crippen molar-refractivity contribution in [2.75, 3.05) is 6.26 Å². The summed E-state index contributed by atoms with van der Waals surface area (Å²) in [5, 5.41) is 2.83. The molecule has 3 rings (SSSR count). The summed E-state index contributed by atoms with van der Waals surface area (Å²) in [6, 6.07) is 10.9. The van der Waals surface area contributed by atoms with Gasteiger partial charge in [0.2, 0.25) is 11.8 Å². The first-order valence-corrected chi connectivity index (χ1v) is 11.3. The zero-order valence-corrected chi connectivity index (χ0v) is 17.4. The number of nitrogens with one attached hydrogen (secondary N) is 1. The van der Waals surface area contributed by atoms with E-state index < -0.39 is 9.84 Å². The second-order valence-corrected chi connectivity index (χ2v) is 9.26. The van der Waals surface area contributed by atoms with Gasteiger partial charge in [-0.15, -0.1) is 0 Å². The molecule has 3 aromatic rings. The van der Waals surface area contributed by atoms with Crippen LogP contribution in [0.5, 0.6) is 5.88 Å². The second kappa shape index (κ2) is 8.60. The van der Waals surface area contributed by atoms with Crippen molar-refractivity contribution < 1.29 is 17.9 Å². The Labute approximate surface area is 169 Å². The van der Waals surface area contributed by atoms with E-state index in [9.17, 15) is 13.2 Å². The summed E-state index contributed by atoms with van der Waals surface area (Å²) in [7, 11) is -3.29. The number of amides is 1. The van der Waals surface area contributed by atoms with Gasteiger partial charge in [0.25, 0.3) is 0 Å². The van der Waals surface area contributed by atoms with Crippen molar-refractivity contribution in [1.29, 1.82) is 0 Å². The van der Waals surface area contributed by atoms with Crippen LogP contribution in [0.3, 0.4) is 0 Å². The molecule has 0 atom stereocenters. The minimum Gasteiger partial charge on any atom is -0.475 e. The Hall–Kier alpha value is -2.94. The van der Waals surface area contributed by atoms with Crippen molar-refractivity contribution in [3.05, 3.63) is 54.0 Å². The molecule has 0 unspecified atom stereocenters. The molecule has 0 aliphatic heterocycles. The molecular weight excluding hydrogens is 392 g/mol. The third kappa shape index (κ3) is 5.77. The number of benzene rings is 1. The maximum absolute atomic E-state index is 12.5. The monoisotopic (exact) mass is 416 g/mol. The molecule has 2 aromatic heterocycles. The molecule has 1 N–H and O–H groups in total. The van der Waals surface area contributed by atoms with Crippen LogP contribution >= 0.6 is 0 Å². The number of pyridine rings is 1. The van der Waals surface area contributed by atoms with Gasteiger partial charge < -0.3 is 14.6 Å². The molecule has 0 saturated carbocycles. The van der Waals surface area contributed by atoms with Gasteiger partial charge in [-0.05, 0) is 31.5 Å². The van der Waals surface area contributed by atoms with E-state index in [1.54, 1.807) is 22.9 Å². The number of carbonyl (C=O) groups excluding carboxylic acids is 1. The molecular formula is C20H24N4O4S. The van der Waals surface area contributed by atoms with Crippen LogP contribution in [0.4, 0.5) is 0 Å². The molecule has 0 bridgehead atoms. The summed E-state index contributed by atoms with van der Waals surface area (Å²) >= 11 is 0. The topological polar surface area (TPSA) is 103 Å². The van der Waals surface area contributed by atoms with Gasteiger partial charge in [-0.25, -0.2) is 18.4 Å². The van der Waals surface area contributed by atoms with Crippen LogP contribution < -0.4 is 10.1 Å². The average Bonchev–Trinajstić information content (AvgIpc) is 2.96. The van der Waals surface area contributed by atoms with Crippen molar-refractivity contribution >= 4 is 26.8 Å². The van der Waals surface area contributed by atoms with Gasteiger partial charge in [0, 0.05) is 25.1 Å². The van der Waals surface area contributed by atoms with Gasteiger partial charge in [0.05, 0.1) is 17.1 Å². The van der Waals surface area contributed by atoms with Crippen LogP contribution in [0.2, 0.25) is 0 Å². The maximum Gasteiger partial charge on any atom is 0.240 e. The first-order valence-electron chi connectivity index (χ1n) is 9.21. The standard InChI is InChI=1S/C20H24N4O4S/c1-14(2)28-20-9-8-15(11-22-20)10-21-19(25)12-24-17-7-5-4-6-16(17)23-18(24)13-29(3,26)27/h4-9,11,14H,10,12-13H2,1-3H3,(H,21,25). The fraction of sp³-hybridized carbons (Fsp3) is 0.350. The Bertz CT molecular complexity index is 1110. The van der Waals surface area contributed by atoms with Gasteiger partial charge in [0.1, 0.15) is 18.1 Å². The minimum absolute atomic E-state index is 0.0205. The molecule has 0 spiro atoms. The highest BCUT2D eigenvalue weighted by molar-refractivity contribution is 7.89. The third-order valence-corrected chi connectivity index (χ3v) is 4.85. The molecule has 9 heteroatoms. The molecule has 0 aliphatic carbocycles. The predicted molar refractivity (Wildman–Crippen MR) is 110 cm³/mol. The number of hydrogen-bond donors (Lipinski definition) is 1. The predicted octanol–water partition coefficient (Wildman–Crippen LogP) is 2.08. The Morgan fingerprint density at radius 1 is 1.21 bits per heavy atom. The van der Waals surface area contributed by atoms with Crippen LogP contribution in [0.1, 0.15) is 25.2 Å². The van der Waals surface area contributed by atoms with E-state index in [0.29, 0.717) is 23.8 Å². The number of para-hydroxylation sites is 2. The number of nitrogens with zero attached hydrogens (tertiary/aromatic N) is 3. The van der Waals surface area contributed by atoms with Crippen LogP contribution in [-0.2, 0) is 33.5 Å². The zero-order chi connectivity index (χ0) is 21.0. The van der Waals surface area contributed by atoms with E-state index in [1.165, 1.54) is 0 Å². The lowest BCUT2D eigenvalue weighted by molar-refractivity contribution is -0.121. The number of sulfone groups is 1. The molecule has 29 heavy (non-hydrogen) atoms. The summed E-state index contributed by atoms with van der Waals surface area (Å²) in [6.45, 7) is 4.14. The summed E-state index contributed by atoms with van der Waals surface area (Å²) in [4.78, 5) is 21.1. The molecule has 8 nitrogen and oxygen atoms in total. The lowest BCUT2D eigenvalue weighted by Crippen LogP contribution is -2.28. The normalized spacial score (nSPS) is 11.7. The van der Waals surface area contributed by atoms with Crippen LogP contribution in [-0.4, -0.2) is 41.2 Å². The Kier molecular flexibility index (Phi) is 6.17. The molecule has 1 amide bonds. The first kappa shape index (κ1) is 20.8. The average molecular weight is 417 g/mol. The van der Waals surface area contributed by atoms with E-state index in [1.807, 2.05) is 38.1 Å². The van der Waals surface area contributed by atoms with Crippen LogP contribution in [0.15, 0.2) is 42.6 Å². The van der Waals surface area contributed by atoms with Gasteiger partial charge in [-0.3, -0.25) is 4.79 Å². The van der Waals surface area contributed by atoms with Gasteiger partial charge >= 0.3 is 0 Å². The largest absolute Gasteiger partial charge is 0.475 e. The summed E-state index contributed by atoms with van der Waals surface area (Å²) in [5.41, 5.74) is 2.21. The lowest BCUT2D eigenvalue weighted by Gasteiger charge is -2.11. The second-order valence-electron chi connectivity index (χ2n) is 7.12. The van der Waals surface area contributed by atoms with E-state index in [2.05, 4.69) is 15.3 Å². The van der Waals surface area contributed by atoms with Gasteiger partial charge in [0.15, 0.2) is 9.84 Å². The summed E-state index contributed by atoms with van der Waals surface area (Å²) in [5.74, 6) is 0.410. The Morgan fingerprint density at radius 2 is 1.97 bits per heavy atom. The molecule has 0 aliphatic rings. The molecule has 0 saturated heterocycles. The van der Waals surface area contributed by atoms with Crippen LogP contribution in [0, 0.1) is 0 Å². The highest BCUT2D eigenvalue weighted by Gasteiger charge is 2.17. The highest BCUT2D eigenvalue weighted by atomic mass is 32.2. The number of ether oxygens (including phenoxy) is 1. The molecule has 154 valence electrons. The molecule has 0 fully saturated rings. The highest BCUT2D eigenvalue weighted by Crippen LogP contribution is 2.17. The number of fused-ring (bicyclic) bond motifs is 1. The van der Waals surface area contributed by atoms with Gasteiger partial charge in [-0.1, -0.05) is 18.2 Å². The van der Waals surface area contributed by atoms with Crippen molar-refractivity contribution in [3.8, 4) is 5.88 Å².